The molecule has 0 aliphatic rings. The summed E-state index contributed by atoms with van der Waals surface area (Å²) in [6.45, 7) is 10.2. The van der Waals surface area contributed by atoms with Gasteiger partial charge in [0.25, 0.3) is 0 Å². The fourth-order valence-corrected chi connectivity index (χ4v) is 1.76. The first-order chi connectivity index (χ1) is 7.31. The first kappa shape index (κ1) is 15.4. The van der Waals surface area contributed by atoms with Gasteiger partial charge in [-0.3, -0.25) is 10.1 Å². The lowest BCUT2D eigenvalue weighted by Crippen LogP contribution is -2.52. The van der Waals surface area contributed by atoms with Gasteiger partial charge >= 0.3 is 5.97 Å². The average molecular weight is 229 g/mol. The quantitative estimate of drug-likeness (QED) is 0.672. The van der Waals surface area contributed by atoms with Gasteiger partial charge in [0.1, 0.15) is 5.54 Å². The minimum Gasteiger partial charge on any atom is -0.480 e. The highest BCUT2D eigenvalue weighted by Gasteiger charge is 2.31. The Hall–Kier alpha value is -0.570. The van der Waals surface area contributed by atoms with E-state index >= 15 is 0 Å². The molecule has 0 bridgehead atoms. The van der Waals surface area contributed by atoms with Crippen LogP contribution in [-0.2, 0) is 4.79 Å². The van der Waals surface area contributed by atoms with Gasteiger partial charge in [-0.1, -0.05) is 33.6 Å². The first-order valence-corrected chi connectivity index (χ1v) is 6.33. The highest BCUT2D eigenvalue weighted by Crippen LogP contribution is 2.14. The predicted molar refractivity (Wildman–Crippen MR) is 67.6 cm³/mol. The lowest BCUT2D eigenvalue weighted by atomic mass is 9.96. The molecule has 0 saturated heterocycles. The largest absolute Gasteiger partial charge is 0.480 e. The highest BCUT2D eigenvalue weighted by molar-refractivity contribution is 5.78. The lowest BCUT2D eigenvalue weighted by molar-refractivity contribution is -0.144. The zero-order chi connectivity index (χ0) is 12.8. The number of hydrogen-bond donors (Lipinski definition) is 2. The van der Waals surface area contributed by atoms with Crippen molar-refractivity contribution in [1.82, 2.24) is 5.32 Å². The van der Waals surface area contributed by atoms with E-state index in [2.05, 4.69) is 26.1 Å². The van der Waals surface area contributed by atoms with Gasteiger partial charge in [0.15, 0.2) is 0 Å². The number of nitrogens with one attached hydrogen (secondary N) is 1. The van der Waals surface area contributed by atoms with Crippen molar-refractivity contribution in [2.24, 2.45) is 5.92 Å². The molecule has 0 aliphatic carbocycles. The third-order valence-electron chi connectivity index (χ3n) is 3.16. The minimum absolute atomic E-state index is 0.264. The van der Waals surface area contributed by atoms with Gasteiger partial charge in [-0.2, -0.15) is 0 Å². The van der Waals surface area contributed by atoms with Gasteiger partial charge in [-0.15, -0.1) is 0 Å². The Bertz CT molecular complexity index is 216. The topological polar surface area (TPSA) is 49.3 Å². The van der Waals surface area contributed by atoms with E-state index in [1.54, 1.807) is 6.92 Å². The lowest BCUT2D eigenvalue weighted by Gasteiger charge is -2.29. The molecule has 0 radical (unpaired) electrons. The van der Waals surface area contributed by atoms with Crippen LogP contribution in [0.25, 0.3) is 0 Å². The van der Waals surface area contributed by atoms with Crippen LogP contribution in [0.1, 0.15) is 60.3 Å². The third kappa shape index (κ3) is 5.50. The molecular weight excluding hydrogens is 202 g/mol. The SMILES string of the molecule is CCC(C)(NC(C)CCCC(C)C)C(=O)O. The van der Waals surface area contributed by atoms with Crippen LogP contribution in [0, 0.1) is 5.92 Å². The standard InChI is InChI=1S/C13H27NO2/c1-6-13(5,12(15)16)14-11(4)9-7-8-10(2)3/h10-11,14H,6-9H2,1-5H3,(H,15,16). The minimum atomic E-state index is -0.781. The van der Waals surface area contributed by atoms with E-state index in [0.29, 0.717) is 6.42 Å². The van der Waals surface area contributed by atoms with Crippen molar-refractivity contribution < 1.29 is 9.90 Å². The molecule has 0 amide bonds. The fraction of sp³-hybridized carbons (Fsp3) is 0.923. The van der Waals surface area contributed by atoms with Gasteiger partial charge in [0, 0.05) is 6.04 Å². The molecule has 3 nitrogen and oxygen atoms in total. The number of carbonyl (C=O) groups is 1. The maximum atomic E-state index is 11.1. The molecule has 2 atom stereocenters. The van der Waals surface area contributed by atoms with Crippen LogP contribution < -0.4 is 5.32 Å². The average Bonchev–Trinajstić information content (AvgIpc) is 2.16. The Morgan fingerprint density at radius 3 is 2.25 bits per heavy atom. The summed E-state index contributed by atoms with van der Waals surface area (Å²) in [6, 6.07) is 0.264. The molecule has 0 fully saturated rings. The summed E-state index contributed by atoms with van der Waals surface area (Å²) in [5, 5.41) is 12.3. The van der Waals surface area contributed by atoms with Crippen LogP contribution >= 0.6 is 0 Å². The second kappa shape index (κ2) is 6.89. The molecule has 0 aliphatic heterocycles. The first-order valence-electron chi connectivity index (χ1n) is 6.33. The maximum absolute atomic E-state index is 11.1. The molecule has 0 aromatic heterocycles. The molecule has 0 spiro atoms. The number of carboxylic acid groups (broad SMARTS) is 1. The number of aliphatic carboxylic acids is 1. The zero-order valence-corrected chi connectivity index (χ0v) is 11.3. The van der Waals surface area contributed by atoms with Crippen molar-refractivity contribution in [3.05, 3.63) is 0 Å². The second-order valence-electron chi connectivity index (χ2n) is 5.36. The zero-order valence-electron chi connectivity index (χ0n) is 11.3. The van der Waals surface area contributed by atoms with Crippen molar-refractivity contribution in [2.75, 3.05) is 0 Å². The van der Waals surface area contributed by atoms with Gasteiger partial charge in [-0.25, -0.2) is 0 Å². The molecule has 96 valence electrons. The monoisotopic (exact) mass is 229 g/mol. The van der Waals surface area contributed by atoms with E-state index in [1.165, 1.54) is 6.42 Å². The van der Waals surface area contributed by atoms with Crippen LogP contribution in [0.2, 0.25) is 0 Å². The summed E-state index contributed by atoms with van der Waals surface area (Å²) in [5.41, 5.74) is -0.781. The molecule has 16 heavy (non-hydrogen) atoms. The van der Waals surface area contributed by atoms with Gasteiger partial charge in [0.2, 0.25) is 0 Å². The van der Waals surface area contributed by atoms with E-state index in [4.69, 9.17) is 5.11 Å². The molecule has 3 heteroatoms. The molecular formula is C13H27NO2. The van der Waals surface area contributed by atoms with Crippen LogP contribution in [0.5, 0.6) is 0 Å². The van der Waals surface area contributed by atoms with Crippen molar-refractivity contribution in [3.63, 3.8) is 0 Å². The van der Waals surface area contributed by atoms with Crippen molar-refractivity contribution in [3.8, 4) is 0 Å². The summed E-state index contributed by atoms with van der Waals surface area (Å²) in [5.74, 6) is -0.0325. The Balaban J connectivity index is 4.02. The van der Waals surface area contributed by atoms with Crippen LogP contribution in [0.3, 0.4) is 0 Å². The molecule has 0 aromatic carbocycles. The Kier molecular flexibility index (Phi) is 6.65. The van der Waals surface area contributed by atoms with Crippen molar-refractivity contribution >= 4 is 5.97 Å². The van der Waals surface area contributed by atoms with Gasteiger partial charge < -0.3 is 5.11 Å². The normalized spacial score (nSPS) is 17.1. The molecule has 0 saturated carbocycles. The fourth-order valence-electron chi connectivity index (χ4n) is 1.76. The third-order valence-corrected chi connectivity index (χ3v) is 3.16. The maximum Gasteiger partial charge on any atom is 0.323 e. The van der Waals surface area contributed by atoms with Crippen LogP contribution in [-0.4, -0.2) is 22.7 Å². The van der Waals surface area contributed by atoms with Gasteiger partial charge in [0.05, 0.1) is 0 Å². The smallest absolute Gasteiger partial charge is 0.323 e. The molecule has 0 aromatic rings. The predicted octanol–water partition coefficient (Wildman–Crippen LogP) is 3.04. The van der Waals surface area contributed by atoms with E-state index in [1.807, 2.05) is 6.92 Å². The van der Waals surface area contributed by atoms with Crippen molar-refractivity contribution in [1.29, 1.82) is 0 Å². The number of rotatable bonds is 8. The highest BCUT2D eigenvalue weighted by atomic mass is 16.4. The molecule has 0 heterocycles. The van der Waals surface area contributed by atoms with Crippen LogP contribution in [0.15, 0.2) is 0 Å². The van der Waals surface area contributed by atoms with E-state index < -0.39 is 11.5 Å². The van der Waals surface area contributed by atoms with Gasteiger partial charge in [-0.05, 0) is 32.6 Å². The Morgan fingerprint density at radius 1 is 1.31 bits per heavy atom. The van der Waals surface area contributed by atoms with Crippen LogP contribution in [0.4, 0.5) is 0 Å². The summed E-state index contributed by atoms with van der Waals surface area (Å²) < 4.78 is 0. The number of hydrogen-bond acceptors (Lipinski definition) is 2. The van der Waals surface area contributed by atoms with Crippen molar-refractivity contribution in [2.45, 2.75) is 71.9 Å². The second-order valence-corrected chi connectivity index (χ2v) is 5.36. The summed E-state index contributed by atoms with van der Waals surface area (Å²) in [6.07, 6.45) is 4.02. The van der Waals surface area contributed by atoms with E-state index in [9.17, 15) is 4.79 Å². The number of carboxylic acids is 1. The Labute approximate surface area is 99.6 Å². The Morgan fingerprint density at radius 2 is 1.88 bits per heavy atom. The summed E-state index contributed by atoms with van der Waals surface area (Å²) >= 11 is 0. The molecule has 0 rings (SSSR count). The van der Waals surface area contributed by atoms with E-state index in [-0.39, 0.29) is 6.04 Å². The summed E-state index contributed by atoms with van der Waals surface area (Å²) in [4.78, 5) is 11.1. The molecule has 2 unspecified atom stereocenters. The van der Waals surface area contributed by atoms with E-state index in [0.717, 1.165) is 18.8 Å². The molecule has 2 N–H and O–H groups in total. The summed E-state index contributed by atoms with van der Waals surface area (Å²) in [7, 11) is 0.